The molecule has 2 aliphatic heterocycles. The number of nitrogens with two attached hydrogens (primary N) is 3. The van der Waals surface area contributed by atoms with Crippen LogP contribution in [0.25, 0.3) is 33.4 Å². The summed E-state index contributed by atoms with van der Waals surface area (Å²) in [5.74, 6) is -7.66. The number of anilines is 2. The highest BCUT2D eigenvalue weighted by molar-refractivity contribution is 6.39. The molecule has 36 nitrogen and oxygen atoms in total. The molecule has 3 fully saturated rings. The molecule has 3 aromatic heterocycles. The van der Waals surface area contributed by atoms with Gasteiger partial charge in [-0.2, -0.15) is 10.1 Å². The third-order valence-corrected chi connectivity index (χ3v) is 22.3. The van der Waals surface area contributed by atoms with Crippen LogP contribution in [0.2, 0.25) is 0 Å². The fraction of sp³-hybridized carbons (Fsp3) is 0.701. The number of nitrogen functional groups attached to an aromatic ring is 2. The monoisotopic (exact) mass is 1730 g/mol. The first-order valence-corrected chi connectivity index (χ1v) is 43.3. The minimum absolute atomic E-state index is 0.0236. The van der Waals surface area contributed by atoms with Crippen molar-refractivity contribution in [2.45, 2.75) is 218 Å². The van der Waals surface area contributed by atoms with Crippen LogP contribution in [0.1, 0.15) is 145 Å². The summed E-state index contributed by atoms with van der Waals surface area (Å²) in [7, 11) is 3.09. The van der Waals surface area contributed by atoms with Gasteiger partial charge in [0, 0.05) is 89.0 Å². The third kappa shape index (κ3) is 33.8. The Morgan fingerprint density at radius 2 is 1.40 bits per heavy atom. The Kier molecular flexibility index (Phi) is 45.6. The molecular formula is C87H138N12O24. The summed E-state index contributed by atoms with van der Waals surface area (Å²) in [6.07, 6.45) is 8.72. The number of hydrogen-bond donors (Lipinski definition) is 10. The number of rotatable bonds is 60. The second-order valence-electron chi connectivity index (χ2n) is 32.2. The van der Waals surface area contributed by atoms with Gasteiger partial charge >= 0.3 is 5.97 Å². The number of aliphatic hydroxyl groups excluding tert-OH is 4. The number of amides is 3. The zero-order chi connectivity index (χ0) is 89.2. The third-order valence-electron chi connectivity index (χ3n) is 22.3. The number of nitrogens with one attached hydrogen (secondary N) is 2. The summed E-state index contributed by atoms with van der Waals surface area (Å²) in [5.41, 5.74) is 23.4. The average Bonchev–Trinajstić information content (AvgIpc) is 1.74. The molecule has 0 radical (unpaired) electrons. The molecule has 7 rings (SSSR count). The number of ketones is 1. The van der Waals surface area contributed by atoms with Gasteiger partial charge in [-0.1, -0.05) is 76.7 Å². The molecule has 1 saturated carbocycles. The molecule has 1 aliphatic carbocycles. The van der Waals surface area contributed by atoms with Gasteiger partial charge in [0.05, 0.1) is 147 Å². The maximum absolute atomic E-state index is 14.6. The van der Waals surface area contributed by atoms with Gasteiger partial charge in [-0.05, 0) is 132 Å². The van der Waals surface area contributed by atoms with Crippen molar-refractivity contribution in [1.82, 2.24) is 40.3 Å². The van der Waals surface area contributed by atoms with E-state index in [4.69, 9.17) is 88.4 Å². The Labute approximate surface area is 721 Å². The van der Waals surface area contributed by atoms with Crippen LogP contribution in [0, 0.1) is 29.6 Å². The first kappa shape index (κ1) is 102. The van der Waals surface area contributed by atoms with Crippen LogP contribution < -0.4 is 27.8 Å². The topological polar surface area (TPSA) is 494 Å². The Bertz CT molecular complexity index is 3970. The number of benzene rings is 1. The highest BCUT2D eigenvalue weighted by atomic mass is 16.6. The molecule has 0 spiro atoms. The number of unbranched alkanes of at least 4 members (excludes halogenated alkanes) is 1. The van der Waals surface area contributed by atoms with E-state index in [0.29, 0.717) is 197 Å². The smallest absolute Gasteiger partial charge is 0.329 e. The number of ether oxygens (including phenoxy) is 12. The SMILES string of the molecule is C=C/C=C/C=C(\C)[C@H](C[C@@H]1CC[C@@H](C)[C@](O)(C(=O)C(=O)N2CCCC[C@H]2C(=O)O[C@@H](C[C@@H](O)[C@H](C)/C=C(\C)[C@@H](O)[C@@H](O)/C(=N/OCC(=O)NCCOCCOCCOCCOCCOCCOCCOCCOCCC(=O)NCCCCn2nc(-c3ccc4oc(N)nc4c3)c3c(N)ncnc32)[C@H](C)CC(C)C)[C@H](N)C[C@@H]2CC[C@@H](O)[C@H](OC)C2)O1)OC. The molecule has 1 aromatic carbocycles. The molecule has 3 aliphatic rings. The van der Waals surface area contributed by atoms with Crippen LogP contribution in [0.4, 0.5) is 11.8 Å². The van der Waals surface area contributed by atoms with Crippen molar-refractivity contribution in [3.8, 4) is 11.3 Å². The zero-order valence-corrected chi connectivity index (χ0v) is 73.4. The van der Waals surface area contributed by atoms with Gasteiger partial charge in [-0.25, -0.2) is 19.4 Å². The second kappa shape index (κ2) is 54.9. The maximum atomic E-state index is 14.6. The van der Waals surface area contributed by atoms with Crippen molar-refractivity contribution in [2.75, 3.05) is 158 Å². The number of carbonyl (C=O) groups excluding carboxylic acids is 5. The molecule has 4 aromatic rings. The lowest BCUT2D eigenvalue weighted by Gasteiger charge is -2.42. The fourth-order valence-corrected chi connectivity index (χ4v) is 15.3. The first-order chi connectivity index (χ1) is 59.2. The van der Waals surface area contributed by atoms with Gasteiger partial charge < -0.3 is 124 Å². The molecule has 0 unspecified atom stereocenters. The number of methoxy groups -OCH3 is 2. The van der Waals surface area contributed by atoms with Crippen LogP contribution in [0.15, 0.2) is 82.2 Å². The van der Waals surface area contributed by atoms with Crippen LogP contribution in [0.5, 0.6) is 0 Å². The molecule has 36 heteroatoms. The van der Waals surface area contributed by atoms with E-state index in [0.717, 1.165) is 28.9 Å². The quantitative estimate of drug-likeness (QED) is 0.00475. The van der Waals surface area contributed by atoms with Gasteiger partial charge in [0.1, 0.15) is 47.7 Å². The number of piperidine rings is 1. The number of oxime groups is 1. The van der Waals surface area contributed by atoms with E-state index in [9.17, 15) is 49.5 Å². The molecule has 0 bridgehead atoms. The number of carbonyl (C=O) groups is 5. The zero-order valence-electron chi connectivity index (χ0n) is 73.4. The Morgan fingerprint density at radius 1 is 0.756 bits per heavy atom. The number of likely N-dealkylation sites (tertiary alicyclic amines) is 1. The Balaban J connectivity index is 0.710. The fourth-order valence-electron chi connectivity index (χ4n) is 15.3. The number of oxazole rings is 1. The summed E-state index contributed by atoms with van der Waals surface area (Å²) in [6, 6.07) is 3.46. The first-order valence-electron chi connectivity index (χ1n) is 43.3. The van der Waals surface area contributed by atoms with Gasteiger partial charge in [0.25, 0.3) is 23.6 Å². The molecule has 3 amide bonds. The summed E-state index contributed by atoms with van der Waals surface area (Å²) in [4.78, 5) is 88.1. The van der Waals surface area contributed by atoms with Crippen LogP contribution in [0.3, 0.4) is 0 Å². The Hall–Kier alpha value is -7.86. The van der Waals surface area contributed by atoms with Crippen molar-refractivity contribution in [3.63, 3.8) is 0 Å². The molecule has 123 heavy (non-hydrogen) atoms. The lowest BCUT2D eigenvalue weighted by Crippen LogP contribution is -2.61. The number of fused-ring (bicyclic) bond motifs is 2. The van der Waals surface area contributed by atoms with E-state index in [1.54, 1.807) is 56.9 Å². The van der Waals surface area contributed by atoms with Crippen molar-refractivity contribution in [1.29, 1.82) is 0 Å². The summed E-state index contributed by atoms with van der Waals surface area (Å²) >= 11 is 0. The molecule has 2 saturated heterocycles. The van der Waals surface area contributed by atoms with Gasteiger partial charge in [-0.15, -0.1) is 0 Å². The number of esters is 1. The molecule has 5 heterocycles. The van der Waals surface area contributed by atoms with E-state index in [-0.39, 0.29) is 87.2 Å². The molecule has 15 atom stereocenters. The van der Waals surface area contributed by atoms with Gasteiger partial charge in [0.2, 0.25) is 11.7 Å². The largest absolute Gasteiger partial charge is 0.459 e. The van der Waals surface area contributed by atoms with E-state index >= 15 is 0 Å². The minimum atomic E-state index is -2.49. The van der Waals surface area contributed by atoms with Gasteiger partial charge in [0.15, 0.2) is 17.8 Å². The van der Waals surface area contributed by atoms with Crippen molar-refractivity contribution in [3.05, 3.63) is 72.6 Å². The standard InChI is InChI=1S/C87H138N12O24/c1-11-12-13-18-57(4)71(110-9)52-64-23-20-61(8)87(109,123-64)81(106)84(107)98-29-16-14-19-67(98)85(108)121-72(65(88)49-62-21-24-68(100)73(50-62)111-10)53-69(101)58(5)48-60(7)79(104)80(105)77(59(6)47-56(2)3)97-120-54-75(103)92-28-32-113-34-36-115-38-40-117-42-44-119-46-45-118-43-41-116-39-37-114-35-33-112-31-26-74(102)91-27-15-17-30-99-83-76(82(89)93-55-94-83)78(96-99)63-22-25-70-66(51-63)95-86(90)122-70/h11-13,18,22,25,48,51,55-56,58-59,61-62,64-65,67-69,71-73,79-80,100-101,104-105,109H,1,14-17,19-21,23-24,26-47,49-50,52-54,88H2,2-10H3,(H2,90,95)(H,91,102)(H,92,103)(H2,89,93,94)/b13-12+,57-18+,60-48+,97-77+/t58-,59-,61-,62+,64+,65-,67+,68-,69-,71+,72+,73-,79-,80+,87-/m1/s1. The van der Waals surface area contributed by atoms with Crippen LogP contribution >= 0.6 is 0 Å². The summed E-state index contributed by atoms with van der Waals surface area (Å²) in [5, 5.41) is 73.4. The molecule has 13 N–H and O–H groups in total. The Morgan fingerprint density at radius 3 is 2.03 bits per heavy atom. The van der Waals surface area contributed by atoms with Crippen molar-refractivity contribution < 1.29 is 116 Å². The van der Waals surface area contributed by atoms with E-state index < -0.39 is 115 Å². The normalized spacial score (nSPS) is 21.4. The van der Waals surface area contributed by atoms with Crippen LogP contribution in [-0.2, 0) is 92.2 Å². The number of aromatic nitrogens is 5. The van der Waals surface area contributed by atoms with Gasteiger partial charge in [-0.3, -0.25) is 19.2 Å². The lowest BCUT2D eigenvalue weighted by atomic mass is 9.80. The second-order valence-corrected chi connectivity index (χ2v) is 32.2. The summed E-state index contributed by atoms with van der Waals surface area (Å²) < 4.78 is 75.6. The molecular weight excluding hydrogens is 1600 g/mol. The number of nitrogens with zero attached hydrogens (tertiary/aromatic N) is 7. The number of Topliss-reactive ketones (excluding diaryl/α,β-unsaturated/α-hetero) is 1. The van der Waals surface area contributed by atoms with Crippen molar-refractivity contribution in [2.24, 2.45) is 40.5 Å². The average molecular weight is 1740 g/mol. The maximum Gasteiger partial charge on any atom is 0.329 e. The highest BCUT2D eigenvalue weighted by Gasteiger charge is 2.53. The predicted octanol–water partition coefficient (Wildman–Crippen LogP) is 5.80. The number of hydrogen-bond acceptors (Lipinski definition) is 32. The number of allylic oxidation sites excluding steroid dienone is 4. The number of aliphatic hydroxyl groups is 5. The van der Waals surface area contributed by atoms with Crippen LogP contribution in [-0.4, -0.2) is 303 Å². The highest BCUT2D eigenvalue weighted by Crippen LogP contribution is 2.39. The van der Waals surface area contributed by atoms with E-state index in [1.807, 2.05) is 52.0 Å². The van der Waals surface area contributed by atoms with E-state index in [1.165, 1.54) is 13.4 Å². The minimum Gasteiger partial charge on any atom is -0.459 e. The number of aryl methyl sites for hydroxylation is 1. The molecule has 690 valence electrons. The summed E-state index contributed by atoms with van der Waals surface area (Å²) in [6.45, 7) is 22.8. The lowest BCUT2D eigenvalue weighted by molar-refractivity contribution is -0.265. The predicted molar refractivity (Wildman–Crippen MR) is 459 cm³/mol. The van der Waals surface area contributed by atoms with Crippen molar-refractivity contribution >= 4 is 69.2 Å². The van der Waals surface area contributed by atoms with E-state index in [2.05, 4.69) is 37.3 Å².